The lowest BCUT2D eigenvalue weighted by molar-refractivity contribution is -0.384. The highest BCUT2D eigenvalue weighted by Gasteiger charge is 2.19. The number of nitrogens with zero attached hydrogens (tertiary/aromatic N) is 2. The average molecular weight is 302 g/mol. The molecule has 0 spiro atoms. The molecule has 0 heterocycles. The minimum Gasteiger partial charge on any atom is -0.478 e. The highest BCUT2D eigenvalue weighted by Crippen LogP contribution is 2.31. The summed E-state index contributed by atoms with van der Waals surface area (Å²) in [5.41, 5.74) is -0.346. The van der Waals surface area contributed by atoms with Gasteiger partial charge in [0.15, 0.2) is 0 Å². The second-order valence-corrected chi connectivity index (χ2v) is 4.64. The number of hydrogen-bond donors (Lipinski definition) is 2. The van der Waals surface area contributed by atoms with Gasteiger partial charge in [0.2, 0.25) is 0 Å². The van der Waals surface area contributed by atoms with Gasteiger partial charge in [0.05, 0.1) is 21.2 Å². The van der Waals surface area contributed by atoms with Gasteiger partial charge in [-0.2, -0.15) is 0 Å². The Hall–Kier alpha value is -1.86. The Kier molecular flexibility index (Phi) is 5.72. The quantitative estimate of drug-likeness (QED) is 0.592. The highest BCUT2D eigenvalue weighted by molar-refractivity contribution is 6.34. The summed E-state index contributed by atoms with van der Waals surface area (Å²) in [4.78, 5) is 23.2. The summed E-state index contributed by atoms with van der Waals surface area (Å²) in [5.74, 6) is -1.26. The molecule has 0 saturated carbocycles. The number of anilines is 1. The maximum absolute atomic E-state index is 11.2. The Labute approximate surface area is 121 Å². The standard InChI is InChI=1S/C12H16ClN3O4/c1-3-15(2)5-4-14-11-9(12(17)18)6-8(16(19)20)7-10(11)13/h6-7,14H,3-5H2,1-2H3,(H,17,18). The summed E-state index contributed by atoms with van der Waals surface area (Å²) in [7, 11) is 1.93. The van der Waals surface area contributed by atoms with Crippen molar-refractivity contribution in [2.24, 2.45) is 0 Å². The monoisotopic (exact) mass is 301 g/mol. The molecular formula is C12H16ClN3O4. The fraction of sp³-hybridized carbons (Fsp3) is 0.417. The van der Waals surface area contributed by atoms with Crippen molar-refractivity contribution in [2.75, 3.05) is 32.0 Å². The molecule has 0 unspecified atom stereocenters. The van der Waals surface area contributed by atoms with Crippen molar-refractivity contribution in [3.63, 3.8) is 0 Å². The van der Waals surface area contributed by atoms with Gasteiger partial charge in [-0.05, 0) is 13.6 Å². The largest absolute Gasteiger partial charge is 0.478 e. The van der Waals surface area contributed by atoms with Crippen molar-refractivity contribution in [1.29, 1.82) is 0 Å². The van der Waals surface area contributed by atoms with Gasteiger partial charge in [-0.25, -0.2) is 4.79 Å². The molecule has 1 aromatic rings. The van der Waals surface area contributed by atoms with Crippen molar-refractivity contribution in [3.05, 3.63) is 32.8 Å². The Morgan fingerprint density at radius 2 is 2.20 bits per heavy atom. The van der Waals surface area contributed by atoms with E-state index in [1.807, 2.05) is 18.9 Å². The van der Waals surface area contributed by atoms with Crippen LogP contribution in [0, 0.1) is 10.1 Å². The van der Waals surface area contributed by atoms with E-state index in [0.717, 1.165) is 18.7 Å². The van der Waals surface area contributed by atoms with Crippen LogP contribution >= 0.6 is 11.6 Å². The van der Waals surface area contributed by atoms with Crippen LogP contribution in [0.25, 0.3) is 0 Å². The minimum atomic E-state index is -1.26. The van der Waals surface area contributed by atoms with Gasteiger partial charge >= 0.3 is 5.97 Å². The number of carboxylic acid groups (broad SMARTS) is 1. The number of nitrogens with one attached hydrogen (secondary N) is 1. The Morgan fingerprint density at radius 1 is 1.55 bits per heavy atom. The van der Waals surface area contributed by atoms with Crippen molar-refractivity contribution in [1.82, 2.24) is 4.90 Å². The predicted octanol–water partition coefficient (Wildman–Crippen LogP) is 2.31. The van der Waals surface area contributed by atoms with E-state index >= 15 is 0 Å². The first-order chi connectivity index (χ1) is 9.36. The molecule has 8 heteroatoms. The molecule has 0 aromatic heterocycles. The van der Waals surface area contributed by atoms with E-state index in [9.17, 15) is 14.9 Å². The molecule has 0 bridgehead atoms. The van der Waals surface area contributed by atoms with E-state index in [2.05, 4.69) is 5.32 Å². The molecule has 0 aliphatic rings. The second-order valence-electron chi connectivity index (χ2n) is 4.24. The van der Waals surface area contributed by atoms with Crippen LogP contribution in [-0.4, -0.2) is 47.6 Å². The molecule has 0 saturated heterocycles. The molecule has 0 radical (unpaired) electrons. The third-order valence-electron chi connectivity index (χ3n) is 2.85. The molecule has 7 nitrogen and oxygen atoms in total. The Balaban J connectivity index is 2.99. The minimum absolute atomic E-state index is 0.0238. The number of hydrogen-bond acceptors (Lipinski definition) is 5. The average Bonchev–Trinajstić information content (AvgIpc) is 2.39. The number of nitro benzene ring substituents is 1. The number of aromatic carboxylic acids is 1. The fourth-order valence-corrected chi connectivity index (χ4v) is 1.86. The topological polar surface area (TPSA) is 95.7 Å². The number of non-ortho nitro benzene ring substituents is 1. The Morgan fingerprint density at radius 3 is 2.70 bits per heavy atom. The van der Waals surface area contributed by atoms with Crippen molar-refractivity contribution in [3.8, 4) is 0 Å². The lowest BCUT2D eigenvalue weighted by atomic mass is 10.1. The van der Waals surface area contributed by atoms with E-state index < -0.39 is 10.9 Å². The number of nitro groups is 1. The lowest BCUT2D eigenvalue weighted by Crippen LogP contribution is -2.25. The summed E-state index contributed by atoms with van der Waals surface area (Å²) >= 11 is 5.93. The SMILES string of the molecule is CCN(C)CCNc1c(Cl)cc([N+](=O)[O-])cc1C(=O)O. The number of carboxylic acids is 1. The number of likely N-dealkylation sites (N-methyl/N-ethyl adjacent to an activating group) is 1. The van der Waals surface area contributed by atoms with Crippen LogP contribution in [0.5, 0.6) is 0 Å². The number of halogens is 1. The fourth-order valence-electron chi connectivity index (χ4n) is 1.58. The van der Waals surface area contributed by atoms with Gasteiger partial charge < -0.3 is 15.3 Å². The Bertz CT molecular complexity index is 522. The van der Waals surface area contributed by atoms with E-state index in [1.54, 1.807) is 0 Å². The van der Waals surface area contributed by atoms with Crippen LogP contribution in [-0.2, 0) is 0 Å². The predicted molar refractivity (Wildman–Crippen MR) is 76.7 cm³/mol. The van der Waals surface area contributed by atoms with Crippen LogP contribution < -0.4 is 5.32 Å². The molecule has 2 N–H and O–H groups in total. The molecule has 1 rings (SSSR count). The molecular weight excluding hydrogens is 286 g/mol. The van der Waals surface area contributed by atoms with Crippen LogP contribution in [0.15, 0.2) is 12.1 Å². The van der Waals surface area contributed by atoms with Crippen LogP contribution in [0.3, 0.4) is 0 Å². The van der Waals surface area contributed by atoms with Gasteiger partial charge in [-0.1, -0.05) is 18.5 Å². The first-order valence-electron chi connectivity index (χ1n) is 6.00. The molecule has 0 atom stereocenters. The third-order valence-corrected chi connectivity index (χ3v) is 3.15. The lowest BCUT2D eigenvalue weighted by Gasteiger charge is -2.16. The molecule has 0 aliphatic carbocycles. The molecule has 0 fully saturated rings. The van der Waals surface area contributed by atoms with E-state index in [-0.39, 0.29) is 22.0 Å². The maximum Gasteiger partial charge on any atom is 0.338 e. The molecule has 0 aliphatic heterocycles. The van der Waals surface area contributed by atoms with E-state index in [1.165, 1.54) is 0 Å². The third kappa shape index (κ3) is 4.07. The number of benzene rings is 1. The summed E-state index contributed by atoms with van der Waals surface area (Å²) in [6, 6.07) is 2.14. The van der Waals surface area contributed by atoms with Crippen molar-refractivity contribution >= 4 is 28.9 Å². The molecule has 20 heavy (non-hydrogen) atoms. The highest BCUT2D eigenvalue weighted by atomic mass is 35.5. The molecule has 1 aromatic carbocycles. The van der Waals surface area contributed by atoms with E-state index in [0.29, 0.717) is 13.1 Å². The number of rotatable bonds is 7. The van der Waals surface area contributed by atoms with E-state index in [4.69, 9.17) is 16.7 Å². The van der Waals surface area contributed by atoms with Gasteiger partial charge in [0, 0.05) is 25.2 Å². The summed E-state index contributed by atoms with van der Waals surface area (Å²) in [6.45, 7) is 4.05. The number of carbonyl (C=O) groups is 1. The molecule has 110 valence electrons. The van der Waals surface area contributed by atoms with Crippen molar-refractivity contribution < 1.29 is 14.8 Å². The van der Waals surface area contributed by atoms with Gasteiger partial charge in [-0.15, -0.1) is 0 Å². The van der Waals surface area contributed by atoms with Crippen LogP contribution in [0.1, 0.15) is 17.3 Å². The van der Waals surface area contributed by atoms with Crippen molar-refractivity contribution in [2.45, 2.75) is 6.92 Å². The summed E-state index contributed by atoms with van der Waals surface area (Å²) < 4.78 is 0. The summed E-state index contributed by atoms with van der Waals surface area (Å²) in [6.07, 6.45) is 0. The second kappa shape index (κ2) is 7.06. The van der Waals surface area contributed by atoms with Gasteiger partial charge in [-0.3, -0.25) is 10.1 Å². The smallest absolute Gasteiger partial charge is 0.338 e. The van der Waals surface area contributed by atoms with Gasteiger partial charge in [0.25, 0.3) is 5.69 Å². The normalized spacial score (nSPS) is 10.6. The van der Waals surface area contributed by atoms with Gasteiger partial charge in [0.1, 0.15) is 0 Å². The van der Waals surface area contributed by atoms with Crippen LogP contribution in [0.2, 0.25) is 5.02 Å². The maximum atomic E-state index is 11.2. The molecule has 0 amide bonds. The first kappa shape index (κ1) is 16.2. The summed E-state index contributed by atoms with van der Waals surface area (Å²) in [5, 5.41) is 22.8. The van der Waals surface area contributed by atoms with Crippen LogP contribution in [0.4, 0.5) is 11.4 Å². The zero-order valence-corrected chi connectivity index (χ0v) is 12.0. The first-order valence-corrected chi connectivity index (χ1v) is 6.38. The zero-order valence-electron chi connectivity index (χ0n) is 11.2. The zero-order chi connectivity index (χ0) is 15.3.